The number of nitrogens with one attached hydrogen (secondary N) is 1. The second-order valence-corrected chi connectivity index (χ2v) is 6.95. The minimum absolute atomic E-state index is 0.0316. The predicted octanol–water partition coefficient (Wildman–Crippen LogP) is 2.52. The molecule has 3 rings (SSSR count). The molecule has 2 heterocycles. The molecular weight excluding hydrogens is 415 g/mol. The van der Waals surface area contributed by atoms with Crippen molar-refractivity contribution in [2.45, 2.75) is 38.6 Å². The molecule has 0 unspecified atom stereocenters. The van der Waals surface area contributed by atoms with E-state index in [-0.39, 0.29) is 25.5 Å². The van der Waals surface area contributed by atoms with E-state index < -0.39 is 24.6 Å². The molecular formula is C21H22F3N3O4. The number of aromatic nitrogens is 1. The number of hydrogen-bond acceptors (Lipinski definition) is 6. The minimum atomic E-state index is -2.85. The van der Waals surface area contributed by atoms with Crippen molar-refractivity contribution in [2.75, 3.05) is 13.2 Å². The number of carbonyl (C=O) groups is 1. The smallest absolute Gasteiger partial charge is 0.345 e. The van der Waals surface area contributed by atoms with Crippen LogP contribution < -0.4 is 5.32 Å². The third-order valence-corrected chi connectivity index (χ3v) is 4.61. The average Bonchev–Trinajstić information content (AvgIpc) is 3.12. The zero-order valence-electron chi connectivity index (χ0n) is 16.7. The van der Waals surface area contributed by atoms with Gasteiger partial charge in [0, 0.05) is 6.20 Å². The third-order valence-electron chi connectivity index (χ3n) is 4.61. The molecule has 0 aliphatic carbocycles. The van der Waals surface area contributed by atoms with E-state index in [1.165, 1.54) is 37.4 Å². The maximum atomic E-state index is 13.1. The van der Waals surface area contributed by atoms with Gasteiger partial charge in [-0.15, -0.1) is 0 Å². The van der Waals surface area contributed by atoms with E-state index in [0.717, 1.165) is 5.56 Å². The third kappa shape index (κ3) is 6.25. The molecule has 1 amide bonds. The van der Waals surface area contributed by atoms with Crippen molar-refractivity contribution in [3.8, 4) is 0 Å². The van der Waals surface area contributed by atoms with Gasteiger partial charge in [0.2, 0.25) is 11.8 Å². The zero-order chi connectivity index (χ0) is 22.4. The van der Waals surface area contributed by atoms with Crippen LogP contribution in [0.1, 0.15) is 35.3 Å². The molecule has 1 aliphatic heterocycles. The number of benzene rings is 1. The van der Waals surface area contributed by atoms with Crippen molar-refractivity contribution in [1.82, 2.24) is 10.3 Å². The number of halogens is 3. The molecule has 0 radical (unpaired) electrons. The van der Waals surface area contributed by atoms with Crippen LogP contribution in [0.15, 0.2) is 41.5 Å². The van der Waals surface area contributed by atoms with Gasteiger partial charge in [0.1, 0.15) is 12.4 Å². The number of aliphatic hydroxyl groups is 1. The summed E-state index contributed by atoms with van der Waals surface area (Å²) in [6, 6.07) is 6.56. The number of fused-ring (bicyclic) bond motifs is 1. The zero-order valence-corrected chi connectivity index (χ0v) is 16.7. The topological polar surface area (TPSA) is 93.0 Å². The highest BCUT2D eigenvalue weighted by atomic mass is 19.3. The number of hydrogen-bond donors (Lipinski definition) is 2. The lowest BCUT2D eigenvalue weighted by molar-refractivity contribution is -0.134. The summed E-state index contributed by atoms with van der Waals surface area (Å²) in [6.45, 7) is -1.34. The largest absolute Gasteiger partial charge is 0.475 e. The van der Waals surface area contributed by atoms with Crippen molar-refractivity contribution < 1.29 is 32.5 Å². The Balaban J connectivity index is 1.58. The molecule has 0 saturated carbocycles. The van der Waals surface area contributed by atoms with Crippen molar-refractivity contribution in [3.63, 3.8) is 0 Å². The van der Waals surface area contributed by atoms with Crippen molar-refractivity contribution in [2.24, 2.45) is 4.99 Å². The number of aliphatic imine (C=N–C) groups is 1. The first kappa shape index (κ1) is 22.7. The summed E-state index contributed by atoms with van der Waals surface area (Å²) in [6.07, 6.45) is 0.601. The molecule has 0 bridgehead atoms. The van der Waals surface area contributed by atoms with Gasteiger partial charge in [0.25, 0.3) is 0 Å². The Hall–Kier alpha value is -2.98. The highest BCUT2D eigenvalue weighted by molar-refractivity contribution is 5.97. The summed E-state index contributed by atoms with van der Waals surface area (Å²) in [5.74, 6) is -0.474. The van der Waals surface area contributed by atoms with Gasteiger partial charge in [-0.25, -0.2) is 9.38 Å². The summed E-state index contributed by atoms with van der Waals surface area (Å²) < 4.78 is 46.6. The van der Waals surface area contributed by atoms with Gasteiger partial charge in [-0.3, -0.25) is 9.78 Å². The molecule has 2 atom stereocenters. The van der Waals surface area contributed by atoms with Gasteiger partial charge in [-0.2, -0.15) is 8.78 Å². The summed E-state index contributed by atoms with van der Waals surface area (Å²) in [7, 11) is 0. The maximum Gasteiger partial charge on any atom is 0.345 e. The summed E-state index contributed by atoms with van der Waals surface area (Å²) in [5.41, 5.74) is 2.51. The second kappa shape index (κ2) is 10.4. The molecule has 7 nitrogen and oxygen atoms in total. The predicted molar refractivity (Wildman–Crippen MR) is 105 cm³/mol. The van der Waals surface area contributed by atoms with Crippen LogP contribution in [0.4, 0.5) is 13.2 Å². The molecule has 1 aliphatic rings. The maximum absolute atomic E-state index is 13.1. The number of rotatable bonds is 9. The molecule has 0 fully saturated rings. The summed E-state index contributed by atoms with van der Waals surface area (Å²) in [4.78, 5) is 21.0. The Morgan fingerprint density at radius 1 is 1.26 bits per heavy atom. The standard InChI is InChI=1S/C21H22F3N3O4/c1-12(28)19(13-2-4-15(22)5-3-13)27-18(29)9-16-8-14-10-26-20(17(14)11-25-16)30-6-7-31-21(23)24/h2-5,8,11-12,19,21,28H,6-7,9-10H2,1H3,(H,27,29)/t12-,19-/m1/s1. The van der Waals surface area contributed by atoms with Crippen LogP contribution in [-0.2, 0) is 27.2 Å². The van der Waals surface area contributed by atoms with Crippen LogP contribution in [0.2, 0.25) is 0 Å². The van der Waals surface area contributed by atoms with Gasteiger partial charge in [-0.1, -0.05) is 12.1 Å². The molecule has 166 valence electrons. The number of pyridine rings is 1. The van der Waals surface area contributed by atoms with Gasteiger partial charge in [-0.05, 0) is 36.2 Å². The number of alkyl halides is 2. The van der Waals surface area contributed by atoms with Gasteiger partial charge in [0.05, 0.1) is 43.0 Å². The molecule has 1 aromatic carbocycles. The summed E-state index contributed by atoms with van der Waals surface area (Å²) >= 11 is 0. The summed E-state index contributed by atoms with van der Waals surface area (Å²) in [5, 5.41) is 12.8. The first-order chi connectivity index (χ1) is 14.8. The van der Waals surface area contributed by atoms with Crippen LogP contribution in [0.3, 0.4) is 0 Å². The molecule has 2 aromatic rings. The number of carbonyl (C=O) groups excluding carboxylic acids is 1. The van der Waals surface area contributed by atoms with Crippen LogP contribution in [0.25, 0.3) is 0 Å². The second-order valence-electron chi connectivity index (χ2n) is 6.95. The van der Waals surface area contributed by atoms with Gasteiger partial charge < -0.3 is 19.9 Å². The Morgan fingerprint density at radius 3 is 2.68 bits per heavy atom. The van der Waals surface area contributed by atoms with E-state index in [2.05, 4.69) is 20.0 Å². The molecule has 1 aromatic heterocycles. The lowest BCUT2D eigenvalue weighted by Crippen LogP contribution is -2.36. The Kier molecular flexibility index (Phi) is 7.59. The fourth-order valence-corrected chi connectivity index (χ4v) is 3.15. The number of nitrogens with zero attached hydrogens (tertiary/aromatic N) is 2. The van der Waals surface area contributed by atoms with Gasteiger partial charge >= 0.3 is 6.61 Å². The van der Waals surface area contributed by atoms with E-state index in [1.54, 1.807) is 6.07 Å². The van der Waals surface area contributed by atoms with E-state index in [0.29, 0.717) is 29.3 Å². The lowest BCUT2D eigenvalue weighted by Gasteiger charge is -2.22. The van der Waals surface area contributed by atoms with Gasteiger partial charge in [0.15, 0.2) is 0 Å². The normalized spacial score (nSPS) is 14.7. The van der Waals surface area contributed by atoms with E-state index in [9.17, 15) is 23.1 Å². The Bertz CT molecular complexity index is 936. The molecule has 10 heteroatoms. The SMILES string of the molecule is C[C@@H](O)[C@@H](NC(=O)Cc1cc2c(cn1)C(OCCOC(F)F)=NC2)c1ccc(F)cc1. The number of aliphatic hydroxyl groups excluding tert-OH is 1. The first-order valence-corrected chi connectivity index (χ1v) is 9.61. The molecule has 31 heavy (non-hydrogen) atoms. The average molecular weight is 437 g/mol. The highest BCUT2D eigenvalue weighted by Gasteiger charge is 2.22. The first-order valence-electron chi connectivity index (χ1n) is 9.61. The minimum Gasteiger partial charge on any atom is -0.475 e. The van der Waals surface area contributed by atoms with Crippen molar-refractivity contribution in [3.05, 3.63) is 64.7 Å². The fraction of sp³-hybridized carbons (Fsp3) is 0.381. The van der Waals surface area contributed by atoms with Crippen LogP contribution in [0.5, 0.6) is 0 Å². The fourth-order valence-electron chi connectivity index (χ4n) is 3.15. The molecule has 0 spiro atoms. The number of amides is 1. The van der Waals surface area contributed by atoms with Crippen molar-refractivity contribution >= 4 is 11.8 Å². The van der Waals surface area contributed by atoms with Crippen LogP contribution in [0, 0.1) is 5.82 Å². The van der Waals surface area contributed by atoms with Crippen LogP contribution >= 0.6 is 0 Å². The lowest BCUT2D eigenvalue weighted by atomic mass is 10.0. The Morgan fingerprint density at radius 2 is 2.00 bits per heavy atom. The molecule has 2 N–H and O–H groups in total. The van der Waals surface area contributed by atoms with E-state index >= 15 is 0 Å². The van der Waals surface area contributed by atoms with E-state index in [1.807, 2.05) is 0 Å². The number of ether oxygens (including phenoxy) is 2. The quantitative estimate of drug-likeness (QED) is 0.588. The Labute approximate surface area is 176 Å². The van der Waals surface area contributed by atoms with E-state index in [4.69, 9.17) is 4.74 Å². The monoisotopic (exact) mass is 437 g/mol. The highest BCUT2D eigenvalue weighted by Crippen LogP contribution is 2.21. The molecule has 0 saturated heterocycles. The van der Waals surface area contributed by atoms with Crippen LogP contribution in [-0.4, -0.2) is 47.8 Å². The van der Waals surface area contributed by atoms with Crippen molar-refractivity contribution in [1.29, 1.82) is 0 Å².